The van der Waals surface area contributed by atoms with Crippen LogP contribution in [0.15, 0.2) is 12.1 Å². The molecular formula is C16H26ClN3O. The summed E-state index contributed by atoms with van der Waals surface area (Å²) in [5.74, 6) is 0.591. The molecule has 0 bridgehead atoms. The van der Waals surface area contributed by atoms with Crippen LogP contribution in [-0.4, -0.2) is 34.9 Å². The summed E-state index contributed by atoms with van der Waals surface area (Å²) < 4.78 is 0. The molecule has 0 aliphatic carbocycles. The molecule has 1 aromatic rings. The van der Waals surface area contributed by atoms with Crippen molar-refractivity contribution in [2.75, 3.05) is 18.4 Å². The van der Waals surface area contributed by atoms with Crippen molar-refractivity contribution < 1.29 is 4.79 Å². The van der Waals surface area contributed by atoms with Crippen molar-refractivity contribution >= 4 is 23.3 Å². The van der Waals surface area contributed by atoms with E-state index in [2.05, 4.69) is 17.2 Å². The zero-order chi connectivity index (χ0) is 15.8. The van der Waals surface area contributed by atoms with E-state index in [9.17, 15) is 4.79 Å². The number of halogens is 1. The number of nitrogens with zero attached hydrogens (tertiary/aromatic N) is 2. The molecule has 0 unspecified atom stereocenters. The standard InChI is InChI=1S/C16H26ClN3O/c1-5-7-8-11-20(12(3)4)16(21)15-13(17)9-10-14(19-15)18-6-2/h9-10,12H,5-8,11H2,1-4H3,(H,18,19). The van der Waals surface area contributed by atoms with E-state index in [1.807, 2.05) is 25.7 Å². The van der Waals surface area contributed by atoms with Gasteiger partial charge in [0.25, 0.3) is 5.91 Å². The lowest BCUT2D eigenvalue weighted by atomic mass is 10.2. The Morgan fingerprint density at radius 1 is 1.33 bits per heavy atom. The minimum atomic E-state index is -0.0918. The molecule has 1 amide bonds. The highest BCUT2D eigenvalue weighted by molar-refractivity contribution is 6.33. The Hall–Kier alpha value is -1.29. The van der Waals surface area contributed by atoms with Crippen LogP contribution in [0.1, 0.15) is 57.4 Å². The van der Waals surface area contributed by atoms with Crippen LogP contribution in [0.4, 0.5) is 5.82 Å². The lowest BCUT2D eigenvalue weighted by Gasteiger charge is -2.27. The molecule has 118 valence electrons. The third-order valence-corrected chi connectivity index (χ3v) is 3.60. The predicted molar refractivity (Wildman–Crippen MR) is 89.1 cm³/mol. The second-order valence-electron chi connectivity index (χ2n) is 5.36. The summed E-state index contributed by atoms with van der Waals surface area (Å²) in [6.07, 6.45) is 3.26. The van der Waals surface area contributed by atoms with Gasteiger partial charge in [0.05, 0.1) is 5.02 Å². The summed E-state index contributed by atoms with van der Waals surface area (Å²) in [5.41, 5.74) is 0.334. The quantitative estimate of drug-likeness (QED) is 0.732. The number of aromatic nitrogens is 1. The fourth-order valence-corrected chi connectivity index (χ4v) is 2.32. The van der Waals surface area contributed by atoms with Gasteiger partial charge in [0, 0.05) is 19.1 Å². The number of hydrogen-bond donors (Lipinski definition) is 1. The molecule has 21 heavy (non-hydrogen) atoms. The number of hydrogen-bond acceptors (Lipinski definition) is 3. The van der Waals surface area contributed by atoms with Crippen LogP contribution >= 0.6 is 11.6 Å². The lowest BCUT2D eigenvalue weighted by Crippen LogP contribution is -2.38. The van der Waals surface area contributed by atoms with E-state index in [0.717, 1.165) is 32.4 Å². The maximum absolute atomic E-state index is 12.7. The van der Waals surface area contributed by atoms with Crippen LogP contribution in [0, 0.1) is 0 Å². The van der Waals surface area contributed by atoms with Gasteiger partial charge in [-0.2, -0.15) is 0 Å². The van der Waals surface area contributed by atoms with Gasteiger partial charge in [-0.05, 0) is 39.3 Å². The molecule has 5 heteroatoms. The van der Waals surface area contributed by atoms with E-state index in [1.165, 1.54) is 0 Å². The third-order valence-electron chi connectivity index (χ3n) is 3.29. The average Bonchev–Trinajstić information content (AvgIpc) is 2.45. The predicted octanol–water partition coefficient (Wildman–Crippen LogP) is 4.21. The van der Waals surface area contributed by atoms with Crippen LogP contribution in [0.25, 0.3) is 0 Å². The molecule has 0 aromatic carbocycles. The topological polar surface area (TPSA) is 45.2 Å². The molecule has 0 fully saturated rings. The molecule has 0 aliphatic rings. The van der Waals surface area contributed by atoms with Gasteiger partial charge in [-0.15, -0.1) is 0 Å². The van der Waals surface area contributed by atoms with Gasteiger partial charge in [0.15, 0.2) is 0 Å². The summed E-state index contributed by atoms with van der Waals surface area (Å²) in [6.45, 7) is 9.68. The molecular weight excluding hydrogens is 286 g/mol. The van der Waals surface area contributed by atoms with Crippen LogP contribution in [0.3, 0.4) is 0 Å². The van der Waals surface area contributed by atoms with Gasteiger partial charge in [0.2, 0.25) is 0 Å². The van der Waals surface area contributed by atoms with Crippen molar-refractivity contribution in [2.45, 2.75) is 53.0 Å². The van der Waals surface area contributed by atoms with E-state index in [1.54, 1.807) is 12.1 Å². The number of rotatable bonds is 8. The smallest absolute Gasteiger partial charge is 0.274 e. The Bertz CT molecular complexity index is 463. The fraction of sp³-hybridized carbons (Fsp3) is 0.625. The largest absolute Gasteiger partial charge is 0.370 e. The van der Waals surface area contributed by atoms with Crippen molar-refractivity contribution in [2.24, 2.45) is 0 Å². The highest BCUT2D eigenvalue weighted by atomic mass is 35.5. The SMILES string of the molecule is CCCCCN(C(=O)c1nc(NCC)ccc1Cl)C(C)C. The molecule has 0 saturated carbocycles. The zero-order valence-corrected chi connectivity index (χ0v) is 14.2. The first-order valence-corrected chi connectivity index (χ1v) is 8.10. The molecule has 0 atom stereocenters. The second-order valence-corrected chi connectivity index (χ2v) is 5.76. The summed E-state index contributed by atoms with van der Waals surface area (Å²) in [4.78, 5) is 18.9. The number of amides is 1. The summed E-state index contributed by atoms with van der Waals surface area (Å²) >= 11 is 6.16. The normalized spacial score (nSPS) is 10.8. The first kappa shape index (κ1) is 17.8. The Balaban J connectivity index is 2.94. The zero-order valence-electron chi connectivity index (χ0n) is 13.4. The number of pyridine rings is 1. The minimum absolute atomic E-state index is 0.0918. The number of unbranched alkanes of at least 4 members (excludes halogenated alkanes) is 2. The Labute approximate surface area is 132 Å². The van der Waals surface area contributed by atoms with Gasteiger partial charge in [-0.25, -0.2) is 4.98 Å². The second kappa shape index (κ2) is 8.88. The molecule has 1 aromatic heterocycles. The average molecular weight is 312 g/mol. The Morgan fingerprint density at radius 3 is 2.62 bits per heavy atom. The van der Waals surface area contributed by atoms with E-state index < -0.39 is 0 Å². The first-order chi connectivity index (χ1) is 10.0. The molecule has 1 heterocycles. The molecule has 0 saturated heterocycles. The van der Waals surface area contributed by atoms with E-state index in [-0.39, 0.29) is 11.9 Å². The van der Waals surface area contributed by atoms with Gasteiger partial charge in [-0.1, -0.05) is 31.4 Å². The molecule has 0 spiro atoms. The number of nitrogens with one attached hydrogen (secondary N) is 1. The Kier molecular flexibility index (Phi) is 7.51. The van der Waals surface area contributed by atoms with Crippen LogP contribution in [0.2, 0.25) is 5.02 Å². The summed E-state index contributed by atoms with van der Waals surface area (Å²) in [5, 5.41) is 3.52. The summed E-state index contributed by atoms with van der Waals surface area (Å²) in [7, 11) is 0. The highest BCUT2D eigenvalue weighted by Gasteiger charge is 2.22. The monoisotopic (exact) mass is 311 g/mol. The van der Waals surface area contributed by atoms with Crippen molar-refractivity contribution in [3.63, 3.8) is 0 Å². The number of anilines is 1. The maximum Gasteiger partial charge on any atom is 0.274 e. The maximum atomic E-state index is 12.7. The molecule has 4 nitrogen and oxygen atoms in total. The van der Waals surface area contributed by atoms with Crippen molar-refractivity contribution in [3.05, 3.63) is 22.8 Å². The minimum Gasteiger partial charge on any atom is -0.370 e. The van der Waals surface area contributed by atoms with Crippen LogP contribution in [-0.2, 0) is 0 Å². The molecule has 0 radical (unpaired) electrons. The van der Waals surface area contributed by atoms with E-state index in [0.29, 0.717) is 16.5 Å². The molecule has 1 N–H and O–H groups in total. The van der Waals surface area contributed by atoms with Gasteiger partial charge in [0.1, 0.15) is 11.5 Å². The van der Waals surface area contributed by atoms with Crippen LogP contribution in [0.5, 0.6) is 0 Å². The highest BCUT2D eigenvalue weighted by Crippen LogP contribution is 2.20. The van der Waals surface area contributed by atoms with Crippen molar-refractivity contribution in [3.8, 4) is 0 Å². The van der Waals surface area contributed by atoms with Gasteiger partial charge < -0.3 is 10.2 Å². The van der Waals surface area contributed by atoms with Gasteiger partial charge >= 0.3 is 0 Å². The molecule has 0 aliphatic heterocycles. The number of carbonyl (C=O) groups excluding carboxylic acids is 1. The lowest BCUT2D eigenvalue weighted by molar-refractivity contribution is 0.0696. The third kappa shape index (κ3) is 5.20. The molecule has 1 rings (SSSR count). The van der Waals surface area contributed by atoms with Gasteiger partial charge in [-0.3, -0.25) is 4.79 Å². The number of carbonyl (C=O) groups is 1. The van der Waals surface area contributed by atoms with E-state index >= 15 is 0 Å². The summed E-state index contributed by atoms with van der Waals surface area (Å²) in [6, 6.07) is 3.65. The Morgan fingerprint density at radius 2 is 2.05 bits per heavy atom. The van der Waals surface area contributed by atoms with Crippen molar-refractivity contribution in [1.82, 2.24) is 9.88 Å². The fourth-order valence-electron chi connectivity index (χ4n) is 2.13. The first-order valence-electron chi connectivity index (χ1n) is 7.72. The van der Waals surface area contributed by atoms with Crippen LogP contribution < -0.4 is 5.32 Å². The van der Waals surface area contributed by atoms with Crippen molar-refractivity contribution in [1.29, 1.82) is 0 Å². The van der Waals surface area contributed by atoms with E-state index in [4.69, 9.17) is 11.6 Å².